The first-order chi connectivity index (χ1) is 23.9. The number of para-hydroxylation sites is 2. The third-order valence-electron chi connectivity index (χ3n) is 7.64. The molecule has 2 heterocycles. The van der Waals surface area contributed by atoms with Crippen LogP contribution >= 0.6 is 0 Å². The first-order valence-corrected chi connectivity index (χ1v) is 16.2. The average molecular weight is 676 g/mol. The summed E-state index contributed by atoms with van der Waals surface area (Å²) >= 11 is 0. The van der Waals surface area contributed by atoms with E-state index in [9.17, 15) is 19.2 Å². The third-order valence-corrected chi connectivity index (χ3v) is 7.64. The SMILES string of the molecule is CN(CC(=O)NCCOCCOCCOCCOCCC(=O)ON1C(=O)CCC1=O)c1ccc2cc(-c3nc4ccccc4[nH]3)ccc2c1. The summed E-state index contributed by atoms with van der Waals surface area (Å²) in [5, 5.41) is 5.56. The number of hydrogen-bond acceptors (Lipinski definition) is 11. The fourth-order valence-electron chi connectivity index (χ4n) is 5.06. The van der Waals surface area contributed by atoms with Crippen molar-refractivity contribution in [2.75, 3.05) is 77.9 Å². The summed E-state index contributed by atoms with van der Waals surface area (Å²) in [7, 11) is 1.89. The van der Waals surface area contributed by atoms with Crippen LogP contribution in [0, 0.1) is 0 Å². The zero-order valence-corrected chi connectivity index (χ0v) is 27.5. The average Bonchev–Trinajstić information content (AvgIpc) is 3.68. The maximum atomic E-state index is 12.5. The minimum atomic E-state index is -0.706. The van der Waals surface area contributed by atoms with Gasteiger partial charge in [0.1, 0.15) is 5.82 Å². The van der Waals surface area contributed by atoms with Crippen LogP contribution in [0.25, 0.3) is 33.2 Å². The summed E-state index contributed by atoms with van der Waals surface area (Å²) < 4.78 is 21.7. The number of likely N-dealkylation sites (N-methyl/N-ethyl adjacent to an activating group) is 1. The molecule has 0 unspecified atom stereocenters. The topological polar surface area (TPSA) is 162 Å². The summed E-state index contributed by atoms with van der Waals surface area (Å²) in [5.41, 5.74) is 3.90. The number of hydroxylamine groups is 2. The van der Waals surface area contributed by atoms with E-state index < -0.39 is 17.8 Å². The van der Waals surface area contributed by atoms with E-state index in [1.165, 1.54) is 0 Å². The lowest BCUT2D eigenvalue weighted by Gasteiger charge is -2.19. The number of imide groups is 1. The van der Waals surface area contributed by atoms with Crippen LogP contribution in [-0.4, -0.2) is 112 Å². The molecule has 260 valence electrons. The molecule has 14 nitrogen and oxygen atoms in total. The number of aromatic amines is 1. The van der Waals surface area contributed by atoms with E-state index in [0.717, 1.165) is 38.9 Å². The normalized spacial score (nSPS) is 13.0. The van der Waals surface area contributed by atoms with E-state index >= 15 is 0 Å². The van der Waals surface area contributed by atoms with Crippen molar-refractivity contribution in [1.29, 1.82) is 0 Å². The number of carbonyl (C=O) groups is 4. The number of carbonyl (C=O) groups excluding carboxylic acids is 4. The molecule has 1 aliphatic rings. The molecule has 0 bridgehead atoms. The van der Waals surface area contributed by atoms with Crippen molar-refractivity contribution < 1.29 is 43.0 Å². The standard InChI is InChI=1S/C35H41N5O9/c1-39(28-9-8-25-22-27(7-6-26(25)23-28)35-37-29-4-2-3-5-30(29)38-35)24-31(41)36-13-15-46-17-19-48-21-20-47-18-16-45-14-12-34(44)49-40-32(42)10-11-33(40)43/h2-9,22-23H,10-21,24H2,1H3,(H,36,41)(H,37,38). The molecule has 3 amide bonds. The lowest BCUT2D eigenvalue weighted by Crippen LogP contribution is -2.36. The number of imidazole rings is 1. The van der Waals surface area contributed by atoms with Gasteiger partial charge >= 0.3 is 5.97 Å². The number of ether oxygens (including phenoxy) is 4. The highest BCUT2D eigenvalue weighted by Crippen LogP contribution is 2.27. The number of nitrogens with one attached hydrogen (secondary N) is 2. The number of H-pyrrole nitrogens is 1. The van der Waals surface area contributed by atoms with Crippen molar-refractivity contribution >= 4 is 51.2 Å². The summed E-state index contributed by atoms with van der Waals surface area (Å²) in [4.78, 5) is 61.8. The van der Waals surface area contributed by atoms with Crippen LogP contribution in [0.2, 0.25) is 0 Å². The first kappa shape index (κ1) is 35.4. The molecule has 0 aliphatic carbocycles. The van der Waals surface area contributed by atoms with Gasteiger partial charge in [-0.2, -0.15) is 0 Å². The molecule has 2 N–H and O–H groups in total. The van der Waals surface area contributed by atoms with Crippen LogP contribution in [0.5, 0.6) is 0 Å². The van der Waals surface area contributed by atoms with Gasteiger partial charge in [0.2, 0.25) is 5.91 Å². The molecular formula is C35H41N5O9. The van der Waals surface area contributed by atoms with Crippen LogP contribution in [-0.2, 0) is 43.0 Å². The molecule has 1 fully saturated rings. The van der Waals surface area contributed by atoms with Crippen LogP contribution < -0.4 is 10.2 Å². The van der Waals surface area contributed by atoms with Crippen molar-refractivity contribution in [2.24, 2.45) is 0 Å². The second kappa shape index (κ2) is 18.0. The molecule has 0 saturated carbocycles. The molecule has 1 aliphatic heterocycles. The van der Waals surface area contributed by atoms with Crippen molar-refractivity contribution in [1.82, 2.24) is 20.3 Å². The quantitative estimate of drug-likeness (QED) is 0.105. The van der Waals surface area contributed by atoms with Crippen LogP contribution in [0.3, 0.4) is 0 Å². The summed E-state index contributed by atoms with van der Waals surface area (Å²) in [6.07, 6.45) is 0.0242. The molecular weight excluding hydrogens is 634 g/mol. The highest BCUT2D eigenvalue weighted by atomic mass is 16.7. The Labute approximate surface area is 283 Å². The number of anilines is 1. The molecule has 0 spiro atoms. The van der Waals surface area contributed by atoms with Crippen molar-refractivity contribution in [3.63, 3.8) is 0 Å². The first-order valence-electron chi connectivity index (χ1n) is 16.2. The zero-order chi connectivity index (χ0) is 34.4. The molecule has 1 saturated heterocycles. The van der Waals surface area contributed by atoms with E-state index in [-0.39, 0.29) is 44.9 Å². The second-order valence-electron chi connectivity index (χ2n) is 11.3. The number of benzene rings is 3. The summed E-state index contributed by atoms with van der Waals surface area (Å²) in [6, 6.07) is 20.3. The monoisotopic (exact) mass is 675 g/mol. The smallest absolute Gasteiger partial charge is 0.335 e. The Morgan fingerprint density at radius 3 is 2.16 bits per heavy atom. The molecule has 49 heavy (non-hydrogen) atoms. The fourth-order valence-corrected chi connectivity index (χ4v) is 5.06. The maximum Gasteiger partial charge on any atom is 0.335 e. The van der Waals surface area contributed by atoms with E-state index in [4.69, 9.17) is 28.8 Å². The number of hydrogen-bond donors (Lipinski definition) is 2. The summed E-state index contributed by atoms with van der Waals surface area (Å²) in [5.74, 6) is -1.00. The molecule has 0 radical (unpaired) electrons. The molecule has 14 heteroatoms. The number of nitrogens with zero attached hydrogens (tertiary/aromatic N) is 3. The zero-order valence-electron chi connectivity index (χ0n) is 27.5. The minimum Gasteiger partial charge on any atom is -0.378 e. The van der Waals surface area contributed by atoms with Crippen LogP contribution in [0.4, 0.5) is 5.69 Å². The van der Waals surface area contributed by atoms with Gasteiger partial charge in [-0.05, 0) is 41.1 Å². The molecule has 3 aromatic carbocycles. The second-order valence-corrected chi connectivity index (χ2v) is 11.3. The Kier molecular flexibility index (Phi) is 13.0. The van der Waals surface area contributed by atoms with Crippen molar-refractivity contribution in [3.8, 4) is 11.4 Å². The van der Waals surface area contributed by atoms with Gasteiger partial charge in [0, 0.05) is 37.7 Å². The van der Waals surface area contributed by atoms with E-state index in [2.05, 4.69) is 34.6 Å². The highest BCUT2D eigenvalue weighted by Gasteiger charge is 2.32. The van der Waals surface area contributed by atoms with Gasteiger partial charge in [0.25, 0.3) is 11.8 Å². The highest BCUT2D eigenvalue weighted by molar-refractivity contribution is 6.01. The van der Waals surface area contributed by atoms with Gasteiger partial charge in [-0.25, -0.2) is 9.78 Å². The van der Waals surface area contributed by atoms with E-state index in [0.29, 0.717) is 51.2 Å². The van der Waals surface area contributed by atoms with Crippen LogP contribution in [0.1, 0.15) is 19.3 Å². The van der Waals surface area contributed by atoms with Gasteiger partial charge in [0.05, 0.1) is 76.9 Å². The van der Waals surface area contributed by atoms with Gasteiger partial charge < -0.3 is 39.0 Å². The van der Waals surface area contributed by atoms with E-state index in [1.807, 2.05) is 48.3 Å². The molecule has 1 aromatic heterocycles. The number of amides is 3. The largest absolute Gasteiger partial charge is 0.378 e. The van der Waals surface area contributed by atoms with Gasteiger partial charge in [-0.15, -0.1) is 5.06 Å². The number of rotatable bonds is 20. The predicted octanol–water partition coefficient (Wildman–Crippen LogP) is 3.00. The maximum absolute atomic E-state index is 12.5. The Bertz CT molecular complexity index is 1690. The Hall–Kier alpha value is -4.89. The van der Waals surface area contributed by atoms with Crippen molar-refractivity contribution in [2.45, 2.75) is 19.3 Å². The lowest BCUT2D eigenvalue weighted by atomic mass is 10.1. The minimum absolute atomic E-state index is 0.0538. The molecule has 4 aromatic rings. The summed E-state index contributed by atoms with van der Waals surface area (Å²) in [6.45, 7) is 3.18. The van der Waals surface area contributed by atoms with Crippen LogP contribution in [0.15, 0.2) is 60.7 Å². The molecule has 5 rings (SSSR count). The number of fused-ring (bicyclic) bond motifs is 2. The molecule has 0 atom stereocenters. The predicted molar refractivity (Wildman–Crippen MR) is 180 cm³/mol. The van der Waals surface area contributed by atoms with Crippen molar-refractivity contribution in [3.05, 3.63) is 60.7 Å². The Morgan fingerprint density at radius 2 is 1.45 bits per heavy atom. The van der Waals surface area contributed by atoms with Gasteiger partial charge in [-0.1, -0.05) is 30.3 Å². The Morgan fingerprint density at radius 1 is 0.816 bits per heavy atom. The van der Waals surface area contributed by atoms with Gasteiger partial charge in [0.15, 0.2) is 0 Å². The Balaban J connectivity index is 0.856. The third kappa shape index (κ3) is 10.5. The van der Waals surface area contributed by atoms with Gasteiger partial charge in [-0.3, -0.25) is 14.4 Å². The number of aromatic nitrogens is 2. The van der Waals surface area contributed by atoms with E-state index in [1.54, 1.807) is 0 Å². The lowest BCUT2D eigenvalue weighted by molar-refractivity contribution is -0.198. The fraction of sp³-hybridized carbons (Fsp3) is 0.400.